The van der Waals surface area contributed by atoms with Crippen molar-refractivity contribution in [3.8, 4) is 0 Å². The van der Waals surface area contributed by atoms with E-state index in [-0.39, 0.29) is 0 Å². The molecule has 0 heterocycles. The van der Waals surface area contributed by atoms with Crippen molar-refractivity contribution in [3.05, 3.63) is 71.3 Å². The van der Waals surface area contributed by atoms with E-state index in [0.717, 1.165) is 12.0 Å². The molecule has 0 aromatic heterocycles. The van der Waals surface area contributed by atoms with Crippen LogP contribution in [0.1, 0.15) is 29.7 Å². The highest BCUT2D eigenvalue weighted by Crippen LogP contribution is 2.12. The number of hydrogen-bond donors (Lipinski definition) is 2. The molecule has 2 aromatic carbocycles. The van der Waals surface area contributed by atoms with E-state index in [2.05, 4.69) is 43.4 Å². The Labute approximate surface area is 121 Å². The van der Waals surface area contributed by atoms with Gasteiger partial charge in [-0.25, -0.2) is 0 Å². The Kier molecular flexibility index (Phi) is 5.33. The molecule has 0 spiro atoms. The summed E-state index contributed by atoms with van der Waals surface area (Å²) in [5.74, 6) is 0. The van der Waals surface area contributed by atoms with Crippen LogP contribution in [0, 0.1) is 6.92 Å². The van der Waals surface area contributed by atoms with Crippen molar-refractivity contribution >= 4 is 0 Å². The van der Waals surface area contributed by atoms with Crippen molar-refractivity contribution in [2.75, 3.05) is 6.54 Å². The molecule has 106 valence electrons. The fourth-order valence-electron chi connectivity index (χ4n) is 2.35. The van der Waals surface area contributed by atoms with Gasteiger partial charge >= 0.3 is 0 Å². The van der Waals surface area contributed by atoms with E-state index in [0.29, 0.717) is 12.6 Å². The fourth-order valence-corrected chi connectivity index (χ4v) is 2.35. The Balaban J connectivity index is 1.84. The molecule has 2 rings (SSSR count). The molecule has 2 nitrogen and oxygen atoms in total. The highest BCUT2D eigenvalue weighted by Gasteiger charge is 2.10. The van der Waals surface area contributed by atoms with Crippen LogP contribution >= 0.6 is 0 Å². The van der Waals surface area contributed by atoms with Gasteiger partial charge in [-0.1, -0.05) is 54.6 Å². The van der Waals surface area contributed by atoms with Crippen LogP contribution in [0.3, 0.4) is 0 Å². The predicted molar refractivity (Wildman–Crippen MR) is 83.7 cm³/mol. The van der Waals surface area contributed by atoms with E-state index in [1.807, 2.05) is 30.3 Å². The molecule has 0 fully saturated rings. The normalized spacial score (nSPS) is 13.9. The molecule has 2 aromatic rings. The van der Waals surface area contributed by atoms with Gasteiger partial charge in [0.2, 0.25) is 0 Å². The summed E-state index contributed by atoms with van der Waals surface area (Å²) in [6, 6.07) is 18.6. The summed E-state index contributed by atoms with van der Waals surface area (Å²) >= 11 is 0. The predicted octanol–water partition coefficient (Wildman–Crippen LogP) is 3.25. The van der Waals surface area contributed by atoms with Crippen LogP contribution in [-0.4, -0.2) is 17.7 Å². The second kappa shape index (κ2) is 7.22. The number of rotatable bonds is 6. The van der Waals surface area contributed by atoms with Crippen molar-refractivity contribution < 1.29 is 5.11 Å². The summed E-state index contributed by atoms with van der Waals surface area (Å²) < 4.78 is 0. The molecule has 0 saturated heterocycles. The van der Waals surface area contributed by atoms with Gasteiger partial charge in [0, 0.05) is 12.6 Å². The lowest BCUT2D eigenvalue weighted by Gasteiger charge is -2.18. The number of aryl methyl sites for hydroxylation is 1. The molecule has 0 amide bonds. The van der Waals surface area contributed by atoms with Gasteiger partial charge in [0.25, 0.3) is 0 Å². The molecule has 0 unspecified atom stereocenters. The number of hydrogen-bond acceptors (Lipinski definition) is 2. The Bertz CT molecular complexity index is 524. The van der Waals surface area contributed by atoms with E-state index < -0.39 is 6.10 Å². The quantitative estimate of drug-likeness (QED) is 0.843. The average molecular weight is 269 g/mol. The van der Waals surface area contributed by atoms with Gasteiger partial charge in [-0.3, -0.25) is 0 Å². The molecule has 0 aliphatic carbocycles. The van der Waals surface area contributed by atoms with Gasteiger partial charge in [0.1, 0.15) is 0 Å². The van der Waals surface area contributed by atoms with Crippen molar-refractivity contribution in [3.63, 3.8) is 0 Å². The zero-order valence-corrected chi connectivity index (χ0v) is 12.2. The first-order valence-electron chi connectivity index (χ1n) is 7.17. The maximum absolute atomic E-state index is 10.1. The van der Waals surface area contributed by atoms with Crippen LogP contribution in [0.5, 0.6) is 0 Å². The molecular weight excluding hydrogens is 246 g/mol. The number of aliphatic hydroxyl groups is 1. The van der Waals surface area contributed by atoms with E-state index in [9.17, 15) is 5.11 Å². The van der Waals surface area contributed by atoms with Crippen molar-refractivity contribution in [2.45, 2.75) is 32.4 Å². The number of nitrogens with one attached hydrogen (secondary N) is 1. The lowest BCUT2D eigenvalue weighted by molar-refractivity contribution is 0.170. The molecule has 0 saturated carbocycles. The minimum atomic E-state index is -0.449. The van der Waals surface area contributed by atoms with Crippen LogP contribution in [0.15, 0.2) is 54.6 Å². The van der Waals surface area contributed by atoms with Crippen molar-refractivity contribution in [2.24, 2.45) is 0 Å². The summed E-state index contributed by atoms with van der Waals surface area (Å²) in [7, 11) is 0. The zero-order chi connectivity index (χ0) is 14.4. The van der Waals surface area contributed by atoms with Crippen molar-refractivity contribution in [1.29, 1.82) is 0 Å². The van der Waals surface area contributed by atoms with Crippen LogP contribution < -0.4 is 5.32 Å². The molecule has 2 N–H and O–H groups in total. The third kappa shape index (κ3) is 4.19. The Hall–Kier alpha value is -1.64. The lowest BCUT2D eigenvalue weighted by Crippen LogP contribution is -2.32. The summed E-state index contributed by atoms with van der Waals surface area (Å²) in [5, 5.41) is 13.5. The SMILES string of the molecule is Cc1ccccc1C[C@@H](C)NC[C@H](O)c1ccccc1. The van der Waals surface area contributed by atoms with E-state index in [4.69, 9.17) is 0 Å². The van der Waals surface area contributed by atoms with E-state index in [1.54, 1.807) is 0 Å². The Morgan fingerprint density at radius 3 is 2.35 bits per heavy atom. The minimum Gasteiger partial charge on any atom is -0.387 e. The third-order valence-corrected chi connectivity index (χ3v) is 3.63. The largest absolute Gasteiger partial charge is 0.387 e. The molecular formula is C18H23NO. The van der Waals surface area contributed by atoms with E-state index in [1.165, 1.54) is 11.1 Å². The second-order valence-corrected chi connectivity index (χ2v) is 5.37. The highest BCUT2D eigenvalue weighted by atomic mass is 16.3. The first kappa shape index (κ1) is 14.8. The highest BCUT2D eigenvalue weighted by molar-refractivity contribution is 5.26. The first-order valence-corrected chi connectivity index (χ1v) is 7.17. The first-order chi connectivity index (χ1) is 9.66. The standard InChI is InChI=1S/C18H23NO/c1-14-8-6-7-11-17(14)12-15(2)19-13-18(20)16-9-4-3-5-10-16/h3-11,15,18-20H,12-13H2,1-2H3/t15-,18+/m1/s1. The van der Waals surface area contributed by atoms with Gasteiger partial charge in [-0.15, -0.1) is 0 Å². The summed E-state index contributed by atoms with van der Waals surface area (Å²) in [6.45, 7) is 4.88. The van der Waals surface area contributed by atoms with Gasteiger partial charge in [0.15, 0.2) is 0 Å². The second-order valence-electron chi connectivity index (χ2n) is 5.37. The summed E-state index contributed by atoms with van der Waals surface area (Å²) in [5.41, 5.74) is 3.65. The molecule has 2 atom stereocenters. The van der Waals surface area contributed by atoms with Crippen LogP contribution in [0.25, 0.3) is 0 Å². The molecule has 0 radical (unpaired) electrons. The lowest BCUT2D eigenvalue weighted by atomic mass is 10.0. The van der Waals surface area contributed by atoms with Crippen LogP contribution in [0.2, 0.25) is 0 Å². The van der Waals surface area contributed by atoms with Crippen LogP contribution in [-0.2, 0) is 6.42 Å². The number of benzene rings is 2. The average Bonchev–Trinajstić information content (AvgIpc) is 2.48. The molecule has 0 aliphatic heterocycles. The molecule has 0 aliphatic rings. The number of aliphatic hydroxyl groups excluding tert-OH is 1. The van der Waals surface area contributed by atoms with Gasteiger partial charge in [0.05, 0.1) is 6.10 Å². The topological polar surface area (TPSA) is 32.3 Å². The fraction of sp³-hybridized carbons (Fsp3) is 0.333. The summed E-state index contributed by atoms with van der Waals surface area (Å²) in [4.78, 5) is 0. The molecule has 20 heavy (non-hydrogen) atoms. The smallest absolute Gasteiger partial charge is 0.0914 e. The van der Waals surface area contributed by atoms with Crippen LogP contribution in [0.4, 0.5) is 0 Å². The zero-order valence-electron chi connectivity index (χ0n) is 12.2. The Morgan fingerprint density at radius 1 is 1.00 bits per heavy atom. The van der Waals surface area contributed by atoms with Crippen molar-refractivity contribution in [1.82, 2.24) is 5.32 Å². The third-order valence-electron chi connectivity index (χ3n) is 3.63. The maximum Gasteiger partial charge on any atom is 0.0914 e. The summed E-state index contributed by atoms with van der Waals surface area (Å²) in [6.07, 6.45) is 0.532. The van der Waals surface area contributed by atoms with Gasteiger partial charge < -0.3 is 10.4 Å². The maximum atomic E-state index is 10.1. The van der Waals surface area contributed by atoms with Gasteiger partial charge in [-0.2, -0.15) is 0 Å². The minimum absolute atomic E-state index is 0.342. The van der Waals surface area contributed by atoms with E-state index >= 15 is 0 Å². The molecule has 2 heteroatoms. The van der Waals surface area contributed by atoms with Gasteiger partial charge in [-0.05, 0) is 37.0 Å². The molecule has 0 bridgehead atoms. The monoisotopic (exact) mass is 269 g/mol. The Morgan fingerprint density at radius 2 is 1.65 bits per heavy atom.